The maximum Gasteiger partial charge on any atom is 0.317 e. The SMILES string of the molecule is CN(C(=O)NCCn1nnc2ccccc21)C1CCC(F)(F)C1. The fraction of sp³-hybridized carbons (Fsp3) is 0.533. The minimum absolute atomic E-state index is 0.153. The van der Waals surface area contributed by atoms with E-state index in [4.69, 9.17) is 0 Å². The van der Waals surface area contributed by atoms with Gasteiger partial charge in [-0.05, 0) is 18.6 Å². The Labute approximate surface area is 132 Å². The summed E-state index contributed by atoms with van der Waals surface area (Å²) in [7, 11) is 1.56. The fourth-order valence-corrected chi connectivity index (χ4v) is 2.90. The Morgan fingerprint density at radius 1 is 1.48 bits per heavy atom. The summed E-state index contributed by atoms with van der Waals surface area (Å²) in [6.07, 6.45) is -0.0739. The number of hydrogen-bond acceptors (Lipinski definition) is 3. The average molecular weight is 323 g/mol. The molecule has 1 aliphatic rings. The molecule has 1 aliphatic carbocycles. The predicted molar refractivity (Wildman–Crippen MR) is 81.3 cm³/mol. The minimum atomic E-state index is -2.65. The molecule has 0 bridgehead atoms. The molecule has 1 fully saturated rings. The van der Waals surface area contributed by atoms with Gasteiger partial charge in [-0.25, -0.2) is 18.3 Å². The largest absolute Gasteiger partial charge is 0.336 e. The highest BCUT2D eigenvalue weighted by atomic mass is 19.3. The van der Waals surface area contributed by atoms with Crippen LogP contribution >= 0.6 is 0 Å². The van der Waals surface area contributed by atoms with Gasteiger partial charge in [0.1, 0.15) is 5.52 Å². The molecule has 23 heavy (non-hydrogen) atoms. The van der Waals surface area contributed by atoms with Gasteiger partial charge >= 0.3 is 6.03 Å². The number of carbonyl (C=O) groups is 1. The number of aromatic nitrogens is 3. The van der Waals surface area contributed by atoms with E-state index in [0.717, 1.165) is 11.0 Å². The molecule has 1 heterocycles. The van der Waals surface area contributed by atoms with Gasteiger partial charge in [-0.2, -0.15) is 0 Å². The van der Waals surface area contributed by atoms with Gasteiger partial charge in [0.25, 0.3) is 0 Å². The van der Waals surface area contributed by atoms with Crippen LogP contribution in [0.3, 0.4) is 0 Å². The van der Waals surface area contributed by atoms with Crippen LogP contribution in [0.2, 0.25) is 0 Å². The molecular formula is C15H19F2N5O. The number of alkyl halides is 2. The Balaban J connectivity index is 1.51. The van der Waals surface area contributed by atoms with Gasteiger partial charge in [0.15, 0.2) is 0 Å². The van der Waals surface area contributed by atoms with Crippen molar-refractivity contribution in [3.8, 4) is 0 Å². The van der Waals surface area contributed by atoms with Crippen LogP contribution < -0.4 is 5.32 Å². The maximum atomic E-state index is 13.2. The van der Waals surface area contributed by atoms with Crippen molar-refractivity contribution in [2.24, 2.45) is 0 Å². The number of amides is 2. The van der Waals surface area contributed by atoms with Gasteiger partial charge in [-0.15, -0.1) is 5.10 Å². The Hall–Kier alpha value is -2.25. The molecule has 2 aromatic rings. The molecule has 1 unspecified atom stereocenters. The van der Waals surface area contributed by atoms with E-state index in [1.165, 1.54) is 4.90 Å². The zero-order valence-electron chi connectivity index (χ0n) is 12.9. The van der Waals surface area contributed by atoms with Crippen molar-refractivity contribution in [1.82, 2.24) is 25.2 Å². The second kappa shape index (κ2) is 6.10. The standard InChI is InChI=1S/C15H19F2N5O/c1-21(11-6-7-15(16,17)10-11)14(23)18-8-9-22-13-5-3-2-4-12(13)19-20-22/h2-5,11H,6-10H2,1H3,(H,18,23). The van der Waals surface area contributed by atoms with E-state index in [1.807, 2.05) is 24.3 Å². The monoisotopic (exact) mass is 323 g/mol. The first kappa shape index (κ1) is 15.6. The van der Waals surface area contributed by atoms with Gasteiger partial charge in [-0.1, -0.05) is 17.3 Å². The lowest BCUT2D eigenvalue weighted by molar-refractivity contribution is 0.00380. The predicted octanol–water partition coefficient (Wildman–Crippen LogP) is 2.26. The van der Waals surface area contributed by atoms with Crippen LogP contribution in [0.4, 0.5) is 13.6 Å². The summed E-state index contributed by atoms with van der Waals surface area (Å²) in [5, 5.41) is 10.8. The van der Waals surface area contributed by atoms with Crippen molar-refractivity contribution >= 4 is 17.1 Å². The minimum Gasteiger partial charge on any atom is -0.336 e. The third-order valence-corrected chi connectivity index (χ3v) is 4.27. The summed E-state index contributed by atoms with van der Waals surface area (Å²) in [6, 6.07) is 6.81. The maximum absolute atomic E-state index is 13.2. The smallest absolute Gasteiger partial charge is 0.317 e. The summed E-state index contributed by atoms with van der Waals surface area (Å²) in [5.41, 5.74) is 1.69. The topological polar surface area (TPSA) is 63.1 Å². The highest BCUT2D eigenvalue weighted by Crippen LogP contribution is 2.36. The molecule has 8 heteroatoms. The summed E-state index contributed by atoms with van der Waals surface area (Å²) in [6.45, 7) is 0.834. The molecule has 0 spiro atoms. The number of carbonyl (C=O) groups excluding carboxylic acids is 1. The van der Waals surface area contributed by atoms with E-state index >= 15 is 0 Å². The quantitative estimate of drug-likeness (QED) is 0.939. The Morgan fingerprint density at radius 3 is 3.00 bits per heavy atom. The summed E-state index contributed by atoms with van der Waals surface area (Å²) < 4.78 is 28.2. The number of urea groups is 1. The van der Waals surface area contributed by atoms with Crippen LogP contribution in [-0.2, 0) is 6.54 Å². The summed E-state index contributed by atoms with van der Waals surface area (Å²) >= 11 is 0. The van der Waals surface area contributed by atoms with Crippen molar-refractivity contribution in [1.29, 1.82) is 0 Å². The second-order valence-electron chi connectivity index (χ2n) is 5.90. The van der Waals surface area contributed by atoms with E-state index in [9.17, 15) is 13.6 Å². The van der Waals surface area contributed by atoms with Crippen LogP contribution in [0.1, 0.15) is 19.3 Å². The van der Waals surface area contributed by atoms with E-state index in [1.54, 1.807) is 11.7 Å². The van der Waals surface area contributed by atoms with Crippen LogP contribution in [0.15, 0.2) is 24.3 Å². The van der Waals surface area contributed by atoms with Gasteiger partial charge in [0.2, 0.25) is 5.92 Å². The number of rotatable bonds is 4. The van der Waals surface area contributed by atoms with Crippen LogP contribution in [-0.4, -0.2) is 51.5 Å². The van der Waals surface area contributed by atoms with Gasteiger partial charge < -0.3 is 10.2 Å². The highest BCUT2D eigenvalue weighted by molar-refractivity contribution is 5.75. The first-order valence-corrected chi connectivity index (χ1v) is 7.63. The average Bonchev–Trinajstić information content (AvgIpc) is 3.10. The highest BCUT2D eigenvalue weighted by Gasteiger charge is 2.42. The lowest BCUT2D eigenvalue weighted by atomic mass is 10.2. The molecule has 6 nitrogen and oxygen atoms in total. The van der Waals surface area contributed by atoms with Crippen molar-refractivity contribution in [2.45, 2.75) is 37.8 Å². The molecule has 124 valence electrons. The van der Waals surface area contributed by atoms with Crippen molar-refractivity contribution in [3.05, 3.63) is 24.3 Å². The molecule has 1 saturated carbocycles. The number of fused-ring (bicyclic) bond motifs is 1. The summed E-state index contributed by atoms with van der Waals surface area (Å²) in [5.74, 6) is -2.65. The van der Waals surface area contributed by atoms with Crippen molar-refractivity contribution < 1.29 is 13.6 Å². The van der Waals surface area contributed by atoms with Gasteiger partial charge in [-0.3, -0.25) is 0 Å². The van der Waals surface area contributed by atoms with Gasteiger partial charge in [0.05, 0.1) is 12.1 Å². The molecule has 0 aliphatic heterocycles. The molecule has 1 aromatic carbocycles. The summed E-state index contributed by atoms with van der Waals surface area (Å²) in [4.78, 5) is 13.4. The Kier molecular flexibility index (Phi) is 4.14. The van der Waals surface area contributed by atoms with Gasteiger partial charge in [0, 0.05) is 32.5 Å². The number of halogens is 2. The molecule has 1 N–H and O–H groups in total. The van der Waals surface area contributed by atoms with E-state index < -0.39 is 12.0 Å². The zero-order chi connectivity index (χ0) is 16.4. The molecule has 1 aromatic heterocycles. The second-order valence-corrected chi connectivity index (χ2v) is 5.90. The third kappa shape index (κ3) is 3.40. The molecule has 3 rings (SSSR count). The van der Waals surface area contributed by atoms with Crippen LogP contribution in [0, 0.1) is 0 Å². The third-order valence-electron chi connectivity index (χ3n) is 4.27. The molecule has 2 amide bonds. The van der Waals surface area contributed by atoms with E-state index in [0.29, 0.717) is 19.5 Å². The fourth-order valence-electron chi connectivity index (χ4n) is 2.90. The molecular weight excluding hydrogens is 304 g/mol. The Morgan fingerprint density at radius 2 is 2.26 bits per heavy atom. The van der Waals surface area contributed by atoms with Crippen molar-refractivity contribution in [2.75, 3.05) is 13.6 Å². The van der Waals surface area contributed by atoms with E-state index in [-0.39, 0.29) is 18.9 Å². The molecule has 0 radical (unpaired) electrons. The number of nitrogens with one attached hydrogen (secondary N) is 1. The molecule has 0 saturated heterocycles. The van der Waals surface area contributed by atoms with Crippen LogP contribution in [0.25, 0.3) is 11.0 Å². The number of benzene rings is 1. The normalized spacial score (nSPS) is 19.9. The lowest BCUT2D eigenvalue weighted by Gasteiger charge is -2.24. The van der Waals surface area contributed by atoms with Crippen molar-refractivity contribution in [3.63, 3.8) is 0 Å². The zero-order valence-corrected chi connectivity index (χ0v) is 12.9. The lowest BCUT2D eigenvalue weighted by Crippen LogP contribution is -2.44. The Bertz CT molecular complexity index is 702. The van der Waals surface area contributed by atoms with E-state index in [2.05, 4.69) is 15.6 Å². The molecule has 1 atom stereocenters. The number of nitrogens with zero attached hydrogens (tertiary/aromatic N) is 4. The van der Waals surface area contributed by atoms with Crippen LogP contribution in [0.5, 0.6) is 0 Å². The first-order valence-electron chi connectivity index (χ1n) is 7.63. The number of hydrogen-bond donors (Lipinski definition) is 1. The number of para-hydroxylation sites is 1. The first-order chi connectivity index (χ1) is 11.0.